The quantitative estimate of drug-likeness (QED) is 0.826. The molecule has 2 N–H and O–H groups in total. The van der Waals surface area contributed by atoms with E-state index in [0.717, 1.165) is 16.3 Å². The molecule has 84 valence electrons. The summed E-state index contributed by atoms with van der Waals surface area (Å²) in [4.78, 5) is 0. The lowest BCUT2D eigenvalue weighted by atomic mass is 9.96. The van der Waals surface area contributed by atoms with E-state index >= 15 is 0 Å². The summed E-state index contributed by atoms with van der Waals surface area (Å²) in [6, 6.07) is 9.79. The van der Waals surface area contributed by atoms with E-state index in [4.69, 9.17) is 5.73 Å². The van der Waals surface area contributed by atoms with E-state index in [1.165, 1.54) is 0 Å². The molecule has 0 unspecified atom stereocenters. The first-order chi connectivity index (χ1) is 7.61. The third kappa shape index (κ3) is 1.78. The maximum absolute atomic E-state index is 12.6. The van der Waals surface area contributed by atoms with E-state index in [2.05, 4.69) is 0 Å². The van der Waals surface area contributed by atoms with Crippen LogP contribution >= 0.6 is 0 Å². The van der Waals surface area contributed by atoms with Gasteiger partial charge in [0.2, 0.25) is 0 Å². The predicted octanol–water partition coefficient (Wildman–Crippen LogP) is 3.41. The molecule has 0 radical (unpaired) electrons. The van der Waals surface area contributed by atoms with Gasteiger partial charge < -0.3 is 5.73 Å². The van der Waals surface area contributed by atoms with Crippen molar-refractivity contribution in [1.29, 1.82) is 0 Å². The van der Waals surface area contributed by atoms with Crippen LogP contribution in [0.2, 0.25) is 0 Å². The van der Waals surface area contributed by atoms with Crippen LogP contribution in [0, 0.1) is 6.92 Å². The van der Waals surface area contributed by atoms with Crippen molar-refractivity contribution in [3.63, 3.8) is 0 Å². The largest absolute Gasteiger partial charge is 0.319 e. The second-order valence-electron chi connectivity index (χ2n) is 3.88. The summed E-state index contributed by atoms with van der Waals surface area (Å²) >= 11 is 0. The predicted molar refractivity (Wildman–Crippen MR) is 61.6 cm³/mol. The number of rotatable bonds is 2. The highest BCUT2D eigenvalue weighted by atomic mass is 19.3. The second-order valence-corrected chi connectivity index (χ2v) is 3.88. The van der Waals surface area contributed by atoms with Gasteiger partial charge in [-0.25, -0.2) is 8.78 Å². The highest BCUT2D eigenvalue weighted by Gasteiger charge is 2.19. The molecule has 0 heterocycles. The molecule has 0 saturated carbocycles. The maximum atomic E-state index is 12.6. The van der Waals surface area contributed by atoms with Crippen molar-refractivity contribution >= 4 is 10.8 Å². The minimum absolute atomic E-state index is 0.510. The lowest BCUT2D eigenvalue weighted by molar-refractivity contribution is 0.117. The molecule has 0 amide bonds. The maximum Gasteiger partial charge on any atom is 0.257 e. The molecule has 16 heavy (non-hydrogen) atoms. The molecule has 0 bridgehead atoms. The average molecular weight is 221 g/mol. The number of hydrogen-bond acceptors (Lipinski definition) is 1. The van der Waals surface area contributed by atoms with Crippen molar-refractivity contribution in [2.24, 2.45) is 5.73 Å². The Balaban J connectivity index is 2.67. The first-order valence-electron chi connectivity index (χ1n) is 5.13. The zero-order valence-electron chi connectivity index (χ0n) is 8.95. The van der Waals surface area contributed by atoms with Crippen molar-refractivity contribution in [3.8, 4) is 0 Å². The first-order valence-corrected chi connectivity index (χ1v) is 5.13. The molecule has 2 aromatic rings. The van der Waals surface area contributed by atoms with E-state index in [0.29, 0.717) is 5.56 Å². The van der Waals surface area contributed by atoms with Gasteiger partial charge in [0.1, 0.15) is 0 Å². The summed E-state index contributed by atoms with van der Waals surface area (Å²) in [6.07, 6.45) is -2.54. The summed E-state index contributed by atoms with van der Waals surface area (Å²) in [6.45, 7) is 1.96. The highest BCUT2D eigenvalue weighted by molar-refractivity contribution is 5.88. The first kappa shape index (κ1) is 11.0. The molecule has 0 aliphatic rings. The molecular formula is C13H13F2N. The van der Waals surface area contributed by atoms with E-state index in [9.17, 15) is 8.78 Å². The van der Waals surface area contributed by atoms with Crippen LogP contribution in [0.15, 0.2) is 36.4 Å². The van der Waals surface area contributed by atoms with Crippen LogP contribution in [-0.4, -0.2) is 6.43 Å². The Bertz CT molecular complexity index is 508. The fraction of sp³-hybridized carbons (Fsp3) is 0.231. The minimum atomic E-state index is -2.54. The Morgan fingerprint density at radius 3 is 2.25 bits per heavy atom. The van der Waals surface area contributed by atoms with Crippen LogP contribution < -0.4 is 5.73 Å². The molecular weight excluding hydrogens is 208 g/mol. The molecule has 0 fully saturated rings. The van der Waals surface area contributed by atoms with Gasteiger partial charge in [-0.05, 0) is 28.8 Å². The van der Waals surface area contributed by atoms with Crippen molar-refractivity contribution in [2.45, 2.75) is 19.4 Å². The molecule has 2 aromatic carbocycles. The van der Waals surface area contributed by atoms with Crippen molar-refractivity contribution in [3.05, 3.63) is 47.5 Å². The Kier molecular flexibility index (Phi) is 2.88. The summed E-state index contributed by atoms with van der Waals surface area (Å²) in [5.74, 6) is 0. The van der Waals surface area contributed by atoms with Gasteiger partial charge in [-0.3, -0.25) is 0 Å². The smallest absolute Gasteiger partial charge is 0.257 e. The second kappa shape index (κ2) is 4.18. The van der Waals surface area contributed by atoms with E-state index in [1.54, 1.807) is 6.07 Å². The number of fused-ring (bicyclic) bond motifs is 1. The number of aryl methyl sites for hydroxylation is 1. The van der Waals surface area contributed by atoms with Gasteiger partial charge in [-0.1, -0.05) is 36.4 Å². The van der Waals surface area contributed by atoms with Crippen LogP contribution in [-0.2, 0) is 0 Å². The van der Waals surface area contributed by atoms with Gasteiger partial charge in [0.05, 0.1) is 6.04 Å². The molecule has 0 aliphatic heterocycles. The van der Waals surface area contributed by atoms with Crippen LogP contribution in [0.5, 0.6) is 0 Å². The standard InChI is InChI=1S/C13H13F2N/c1-8-6-7-11(12(16)13(14)15)10-5-3-2-4-9(8)10/h2-7,12-13H,16H2,1H3/t12-/m1/s1. The third-order valence-corrected chi connectivity index (χ3v) is 2.81. The lowest BCUT2D eigenvalue weighted by Gasteiger charge is -2.14. The lowest BCUT2D eigenvalue weighted by Crippen LogP contribution is -2.19. The molecule has 0 aromatic heterocycles. The number of benzene rings is 2. The molecule has 3 heteroatoms. The number of alkyl halides is 2. The highest BCUT2D eigenvalue weighted by Crippen LogP contribution is 2.28. The van der Waals surface area contributed by atoms with E-state index < -0.39 is 12.5 Å². The number of nitrogens with two attached hydrogens (primary N) is 1. The van der Waals surface area contributed by atoms with E-state index in [1.807, 2.05) is 37.3 Å². The summed E-state index contributed by atoms with van der Waals surface area (Å²) < 4.78 is 25.2. The topological polar surface area (TPSA) is 26.0 Å². The summed E-state index contributed by atoms with van der Waals surface area (Å²) in [7, 11) is 0. The van der Waals surface area contributed by atoms with Gasteiger partial charge in [-0.2, -0.15) is 0 Å². The molecule has 0 spiro atoms. The zero-order chi connectivity index (χ0) is 11.7. The molecule has 1 nitrogen and oxygen atoms in total. The molecule has 1 atom stereocenters. The number of hydrogen-bond donors (Lipinski definition) is 1. The zero-order valence-corrected chi connectivity index (χ0v) is 8.95. The van der Waals surface area contributed by atoms with Crippen LogP contribution in [0.1, 0.15) is 17.2 Å². The Hall–Kier alpha value is -1.48. The summed E-state index contributed by atoms with van der Waals surface area (Å²) in [5, 5.41) is 1.80. The number of halogens is 2. The Labute approximate surface area is 92.9 Å². The Morgan fingerprint density at radius 2 is 1.62 bits per heavy atom. The van der Waals surface area contributed by atoms with E-state index in [-0.39, 0.29) is 0 Å². The third-order valence-electron chi connectivity index (χ3n) is 2.81. The molecule has 2 rings (SSSR count). The average Bonchev–Trinajstić information content (AvgIpc) is 2.29. The van der Waals surface area contributed by atoms with Gasteiger partial charge in [0.25, 0.3) is 6.43 Å². The van der Waals surface area contributed by atoms with Crippen LogP contribution in [0.4, 0.5) is 8.78 Å². The van der Waals surface area contributed by atoms with Gasteiger partial charge in [0, 0.05) is 0 Å². The van der Waals surface area contributed by atoms with Crippen LogP contribution in [0.25, 0.3) is 10.8 Å². The minimum Gasteiger partial charge on any atom is -0.319 e. The molecule has 0 saturated heterocycles. The monoisotopic (exact) mass is 221 g/mol. The Morgan fingerprint density at radius 1 is 1.00 bits per heavy atom. The van der Waals surface area contributed by atoms with Crippen molar-refractivity contribution < 1.29 is 8.78 Å². The van der Waals surface area contributed by atoms with Crippen LogP contribution in [0.3, 0.4) is 0 Å². The van der Waals surface area contributed by atoms with Gasteiger partial charge in [0.15, 0.2) is 0 Å². The SMILES string of the molecule is Cc1ccc([C@@H](N)C(F)F)c2ccccc12. The van der Waals surface area contributed by atoms with Gasteiger partial charge in [-0.15, -0.1) is 0 Å². The van der Waals surface area contributed by atoms with Crippen molar-refractivity contribution in [1.82, 2.24) is 0 Å². The normalized spacial score (nSPS) is 13.3. The fourth-order valence-corrected chi connectivity index (χ4v) is 1.90. The van der Waals surface area contributed by atoms with Crippen molar-refractivity contribution in [2.75, 3.05) is 0 Å². The molecule has 0 aliphatic carbocycles. The fourth-order valence-electron chi connectivity index (χ4n) is 1.90. The summed E-state index contributed by atoms with van der Waals surface area (Å²) in [5.41, 5.74) is 7.08. The van der Waals surface area contributed by atoms with Gasteiger partial charge >= 0.3 is 0 Å².